The molecule has 3 heterocycles. The number of carbonyl (C=O) groups is 3. The van der Waals surface area contributed by atoms with E-state index in [1.807, 2.05) is 36.5 Å². The topological polar surface area (TPSA) is 154 Å². The summed E-state index contributed by atoms with van der Waals surface area (Å²) >= 11 is 0. The Hall–Kier alpha value is -5.75. The SMILES string of the molecule is COC(=O)N[C@H](C(=O)N1CCCC1c1ncc(-c2ccc(-c3ccc(-c4cnc([C@@H]5C6CCC(C6)C5C(=O)Nc5ccccc5)[nH]4)cc3)cc2)[nH]1)[C@@H](C)OC. The van der Waals surface area contributed by atoms with Crippen LogP contribution in [0, 0.1) is 17.8 Å². The second kappa shape index (κ2) is 15.5. The molecule has 2 bridgehead atoms. The fourth-order valence-electron chi connectivity index (χ4n) is 8.99. The number of fused-ring (bicyclic) bond motifs is 2. The van der Waals surface area contributed by atoms with Gasteiger partial charge in [-0.15, -0.1) is 0 Å². The van der Waals surface area contributed by atoms with Crippen LogP contribution in [0.2, 0.25) is 0 Å². The minimum atomic E-state index is -0.883. The highest BCUT2D eigenvalue weighted by molar-refractivity contribution is 5.93. The Morgan fingerprint density at radius 3 is 2.02 bits per heavy atom. The predicted molar refractivity (Wildman–Crippen MR) is 209 cm³/mol. The van der Waals surface area contributed by atoms with Crippen molar-refractivity contribution in [2.45, 2.75) is 63.1 Å². The first-order valence-corrected chi connectivity index (χ1v) is 19.2. The number of hydrogen-bond donors (Lipinski definition) is 4. The third-order valence-electron chi connectivity index (χ3n) is 11.9. The summed E-state index contributed by atoms with van der Waals surface area (Å²) in [6, 6.07) is 25.3. The van der Waals surface area contributed by atoms with Crippen molar-refractivity contribution in [2.24, 2.45) is 17.8 Å². The molecule has 5 aromatic rings. The van der Waals surface area contributed by atoms with Gasteiger partial charge < -0.3 is 35.0 Å². The van der Waals surface area contributed by atoms with E-state index < -0.39 is 18.2 Å². The molecule has 3 aromatic carbocycles. The van der Waals surface area contributed by atoms with Crippen molar-refractivity contribution in [1.82, 2.24) is 30.2 Å². The zero-order valence-electron chi connectivity index (χ0n) is 31.3. The van der Waals surface area contributed by atoms with Crippen molar-refractivity contribution in [1.29, 1.82) is 0 Å². The van der Waals surface area contributed by atoms with Crippen molar-refractivity contribution in [3.8, 4) is 33.6 Å². The molecule has 0 spiro atoms. The lowest BCUT2D eigenvalue weighted by molar-refractivity contribution is -0.137. The number of amides is 3. The summed E-state index contributed by atoms with van der Waals surface area (Å²) in [5, 5.41) is 5.79. The summed E-state index contributed by atoms with van der Waals surface area (Å²) in [6.07, 6.45) is 7.37. The third-order valence-corrected chi connectivity index (χ3v) is 11.9. The number of anilines is 1. The van der Waals surface area contributed by atoms with Crippen molar-refractivity contribution < 1.29 is 23.9 Å². The number of aromatic nitrogens is 4. The number of rotatable bonds is 11. The Kier molecular flexibility index (Phi) is 10.2. The van der Waals surface area contributed by atoms with E-state index in [9.17, 15) is 14.4 Å². The molecule has 3 amide bonds. The molecule has 4 unspecified atom stereocenters. The molecule has 4 N–H and O–H groups in total. The van der Waals surface area contributed by atoms with Crippen molar-refractivity contribution >= 4 is 23.6 Å². The molecule has 12 heteroatoms. The fourth-order valence-corrected chi connectivity index (χ4v) is 8.99. The van der Waals surface area contributed by atoms with Crippen LogP contribution in [-0.2, 0) is 19.1 Å². The summed E-state index contributed by atoms with van der Waals surface area (Å²) in [4.78, 5) is 57.4. The molecule has 12 nitrogen and oxygen atoms in total. The maximum Gasteiger partial charge on any atom is 0.407 e. The van der Waals surface area contributed by atoms with Crippen LogP contribution < -0.4 is 10.6 Å². The van der Waals surface area contributed by atoms with Crippen LogP contribution >= 0.6 is 0 Å². The normalized spacial score (nSPS) is 22.7. The molecular weight excluding hydrogens is 695 g/mol. The van der Waals surface area contributed by atoms with Gasteiger partial charge in [0.05, 0.1) is 49.0 Å². The van der Waals surface area contributed by atoms with Gasteiger partial charge in [-0.25, -0.2) is 14.8 Å². The van der Waals surface area contributed by atoms with E-state index in [1.54, 1.807) is 18.0 Å². The molecule has 284 valence electrons. The summed E-state index contributed by atoms with van der Waals surface area (Å²) in [7, 11) is 2.77. The highest BCUT2D eigenvalue weighted by atomic mass is 16.5. The summed E-state index contributed by atoms with van der Waals surface area (Å²) in [5.74, 6) is 2.33. The molecule has 2 saturated carbocycles. The first-order chi connectivity index (χ1) is 26.8. The lowest BCUT2D eigenvalue weighted by Crippen LogP contribution is -2.54. The van der Waals surface area contributed by atoms with Gasteiger partial charge in [-0.05, 0) is 85.3 Å². The lowest BCUT2D eigenvalue weighted by Gasteiger charge is -2.30. The minimum Gasteiger partial charge on any atom is -0.453 e. The number of likely N-dealkylation sites (tertiary alicyclic amines) is 1. The summed E-state index contributed by atoms with van der Waals surface area (Å²) in [5.41, 5.74) is 6.83. The Labute approximate surface area is 320 Å². The van der Waals surface area contributed by atoms with Crippen LogP contribution in [0.25, 0.3) is 33.6 Å². The average Bonchev–Trinajstić information content (AvgIpc) is 4.08. The number of nitrogens with zero attached hydrogens (tertiary/aromatic N) is 3. The molecule has 7 atom stereocenters. The molecule has 3 aliphatic rings. The molecule has 3 fully saturated rings. The zero-order valence-corrected chi connectivity index (χ0v) is 31.3. The first kappa shape index (κ1) is 36.2. The number of alkyl carbamates (subject to hydrolysis) is 1. The van der Waals surface area contributed by atoms with Crippen molar-refractivity contribution in [3.05, 3.63) is 103 Å². The highest BCUT2D eigenvalue weighted by Gasteiger charge is 2.52. The van der Waals surface area contributed by atoms with Crippen LogP contribution in [0.4, 0.5) is 10.5 Å². The molecule has 55 heavy (non-hydrogen) atoms. The molecule has 8 rings (SSSR count). The average molecular weight is 742 g/mol. The van der Waals surface area contributed by atoms with E-state index >= 15 is 0 Å². The number of imidazole rings is 2. The zero-order chi connectivity index (χ0) is 38.1. The number of nitrogens with one attached hydrogen (secondary N) is 4. The van der Waals surface area contributed by atoms with Gasteiger partial charge in [-0.2, -0.15) is 0 Å². The van der Waals surface area contributed by atoms with Gasteiger partial charge in [0, 0.05) is 25.3 Å². The van der Waals surface area contributed by atoms with Crippen LogP contribution in [0.3, 0.4) is 0 Å². The number of aromatic amines is 2. The van der Waals surface area contributed by atoms with Gasteiger partial charge >= 0.3 is 6.09 Å². The molecule has 1 aliphatic heterocycles. The van der Waals surface area contributed by atoms with Crippen molar-refractivity contribution in [3.63, 3.8) is 0 Å². The van der Waals surface area contributed by atoms with Gasteiger partial charge in [0.2, 0.25) is 11.8 Å². The quantitative estimate of drug-likeness (QED) is 0.111. The molecule has 1 saturated heterocycles. The van der Waals surface area contributed by atoms with Crippen LogP contribution in [0.5, 0.6) is 0 Å². The maximum atomic E-state index is 13.6. The van der Waals surface area contributed by atoms with E-state index in [4.69, 9.17) is 14.5 Å². The van der Waals surface area contributed by atoms with Gasteiger partial charge in [-0.3, -0.25) is 9.59 Å². The van der Waals surface area contributed by atoms with E-state index in [1.165, 1.54) is 14.2 Å². The summed E-state index contributed by atoms with van der Waals surface area (Å²) in [6.45, 7) is 2.30. The number of hydrogen-bond acceptors (Lipinski definition) is 7. The first-order valence-electron chi connectivity index (χ1n) is 19.2. The van der Waals surface area contributed by atoms with Gasteiger partial charge in [0.1, 0.15) is 17.7 Å². The van der Waals surface area contributed by atoms with Gasteiger partial charge in [0.25, 0.3) is 0 Å². The largest absolute Gasteiger partial charge is 0.453 e. The second-order valence-corrected chi connectivity index (χ2v) is 15.0. The number of benzene rings is 3. The number of H-pyrrole nitrogens is 2. The van der Waals surface area contributed by atoms with Gasteiger partial charge in [-0.1, -0.05) is 66.7 Å². The fraction of sp³-hybridized carbons (Fsp3) is 0.372. The van der Waals surface area contributed by atoms with Crippen LogP contribution in [0.15, 0.2) is 91.3 Å². The number of para-hydroxylation sites is 1. The molecule has 0 radical (unpaired) electrons. The van der Waals surface area contributed by atoms with Crippen molar-refractivity contribution in [2.75, 3.05) is 26.1 Å². The van der Waals surface area contributed by atoms with E-state index in [2.05, 4.69) is 74.1 Å². The Morgan fingerprint density at radius 2 is 1.38 bits per heavy atom. The van der Waals surface area contributed by atoms with Gasteiger partial charge in [0.15, 0.2) is 0 Å². The maximum absolute atomic E-state index is 13.6. The Morgan fingerprint density at radius 1 is 0.782 bits per heavy atom. The minimum absolute atomic E-state index is 0.0853. The molecular formula is C43H47N7O5. The molecule has 2 aromatic heterocycles. The Balaban J connectivity index is 0.929. The Bertz CT molecular complexity index is 2130. The standard InChI is InChI=1S/C43H47N7O5/c1-25(54-2)38(49-43(53)55-3)42(52)50-21-7-10-35(50)39-44-23-33(47-39)28-15-11-26(12-16-28)27-13-17-29(18-14-27)34-24-45-40(48-34)36-30-19-20-31(22-30)37(36)41(51)46-32-8-5-4-6-9-32/h4-6,8-9,11-18,23-25,30-31,35-38H,7,10,19-22H2,1-3H3,(H,44,47)(H,45,48)(H,46,51)(H,49,53)/t25-,30?,31?,35?,36-,37?,38+/m1/s1. The van der Waals surface area contributed by atoms with Crippen LogP contribution in [-0.4, -0.2) is 75.7 Å². The highest BCUT2D eigenvalue weighted by Crippen LogP contribution is 2.56. The van der Waals surface area contributed by atoms with Crippen LogP contribution in [0.1, 0.15) is 62.6 Å². The smallest absolute Gasteiger partial charge is 0.407 e. The van der Waals surface area contributed by atoms with E-state index in [0.717, 1.165) is 77.3 Å². The predicted octanol–water partition coefficient (Wildman–Crippen LogP) is 7.33. The summed E-state index contributed by atoms with van der Waals surface area (Å²) < 4.78 is 10.2. The number of methoxy groups -OCH3 is 2. The van der Waals surface area contributed by atoms with E-state index in [0.29, 0.717) is 24.2 Å². The van der Waals surface area contributed by atoms with E-state index in [-0.39, 0.29) is 29.7 Å². The number of carbonyl (C=O) groups excluding carboxylic acids is 3. The number of ether oxygens (including phenoxy) is 2. The molecule has 2 aliphatic carbocycles. The lowest BCUT2D eigenvalue weighted by atomic mass is 9.78. The second-order valence-electron chi connectivity index (χ2n) is 15.0. The monoisotopic (exact) mass is 741 g/mol. The third kappa shape index (κ3) is 7.26.